The quantitative estimate of drug-likeness (QED) is 0.862. The lowest BCUT2D eigenvalue weighted by Gasteiger charge is -2.38. The van der Waals surface area contributed by atoms with Crippen molar-refractivity contribution in [3.63, 3.8) is 0 Å². The van der Waals surface area contributed by atoms with Crippen molar-refractivity contribution in [2.75, 3.05) is 39.9 Å². The van der Waals surface area contributed by atoms with Crippen LogP contribution in [0.2, 0.25) is 0 Å². The van der Waals surface area contributed by atoms with Crippen molar-refractivity contribution in [2.24, 2.45) is 17.3 Å². The van der Waals surface area contributed by atoms with E-state index in [-0.39, 0.29) is 17.8 Å². The summed E-state index contributed by atoms with van der Waals surface area (Å²) in [6.07, 6.45) is 5.86. The molecular formula is C15H27ClN2O2. The first-order valence-electron chi connectivity index (χ1n) is 7.74. The molecule has 0 bridgehead atoms. The number of hydrogen-bond donors (Lipinski definition) is 1. The number of nitrogens with zero attached hydrogens (tertiary/aromatic N) is 1. The third-order valence-corrected chi connectivity index (χ3v) is 5.45. The number of fused-ring (bicyclic) bond motifs is 1. The summed E-state index contributed by atoms with van der Waals surface area (Å²) in [7, 11) is 1.72. The number of ether oxygens (including phenoxy) is 1. The van der Waals surface area contributed by atoms with Crippen molar-refractivity contribution < 1.29 is 9.53 Å². The van der Waals surface area contributed by atoms with Crippen molar-refractivity contribution in [2.45, 2.75) is 32.1 Å². The van der Waals surface area contributed by atoms with E-state index in [2.05, 4.69) is 10.2 Å². The van der Waals surface area contributed by atoms with E-state index in [0.29, 0.717) is 12.5 Å². The number of halogens is 1. The summed E-state index contributed by atoms with van der Waals surface area (Å²) in [4.78, 5) is 15.1. The van der Waals surface area contributed by atoms with E-state index < -0.39 is 0 Å². The molecule has 3 fully saturated rings. The van der Waals surface area contributed by atoms with Gasteiger partial charge in [0.1, 0.15) is 0 Å². The molecule has 0 aromatic carbocycles. The lowest BCUT2D eigenvalue weighted by atomic mass is 9.78. The number of carbonyl (C=O) groups is 1. The molecule has 2 aliphatic heterocycles. The van der Waals surface area contributed by atoms with Crippen molar-refractivity contribution in [3.8, 4) is 0 Å². The van der Waals surface area contributed by atoms with Gasteiger partial charge in [-0.3, -0.25) is 4.79 Å². The van der Waals surface area contributed by atoms with Crippen molar-refractivity contribution in [3.05, 3.63) is 0 Å². The first-order valence-corrected chi connectivity index (χ1v) is 7.74. The van der Waals surface area contributed by atoms with Crippen molar-refractivity contribution in [1.29, 1.82) is 0 Å². The largest absolute Gasteiger partial charge is 0.384 e. The van der Waals surface area contributed by atoms with E-state index >= 15 is 0 Å². The molecule has 1 N–H and O–H groups in total. The molecule has 2 heterocycles. The second kappa shape index (κ2) is 6.63. The number of methoxy groups -OCH3 is 1. The lowest BCUT2D eigenvalue weighted by Crippen LogP contribution is -2.51. The van der Waals surface area contributed by atoms with E-state index in [1.54, 1.807) is 7.11 Å². The zero-order chi connectivity index (χ0) is 13.3. The van der Waals surface area contributed by atoms with Crippen LogP contribution in [0.25, 0.3) is 0 Å². The average Bonchev–Trinajstić information content (AvgIpc) is 3.00. The predicted molar refractivity (Wildman–Crippen MR) is 81.1 cm³/mol. The minimum atomic E-state index is -0.251. The SMILES string of the molecule is COCC1(C(=O)N2CC3CCCC3C2)CCNCC1.Cl. The fraction of sp³-hybridized carbons (Fsp3) is 0.933. The molecule has 1 aliphatic carbocycles. The highest BCUT2D eigenvalue weighted by Crippen LogP contribution is 2.40. The molecule has 20 heavy (non-hydrogen) atoms. The highest BCUT2D eigenvalue weighted by molar-refractivity contribution is 5.85. The molecule has 4 nitrogen and oxygen atoms in total. The Labute approximate surface area is 128 Å². The van der Waals surface area contributed by atoms with E-state index in [4.69, 9.17) is 4.74 Å². The normalized spacial score (nSPS) is 31.8. The number of piperidine rings is 1. The third-order valence-electron chi connectivity index (χ3n) is 5.45. The minimum Gasteiger partial charge on any atom is -0.384 e. The van der Waals surface area contributed by atoms with Gasteiger partial charge >= 0.3 is 0 Å². The van der Waals surface area contributed by atoms with Crippen molar-refractivity contribution >= 4 is 18.3 Å². The first kappa shape index (κ1) is 16.1. The summed E-state index contributed by atoms with van der Waals surface area (Å²) in [5, 5.41) is 3.36. The van der Waals surface area contributed by atoms with Gasteiger partial charge in [0.05, 0.1) is 12.0 Å². The molecular weight excluding hydrogens is 276 g/mol. The fourth-order valence-corrected chi connectivity index (χ4v) is 4.34. The second-order valence-corrected chi connectivity index (χ2v) is 6.62. The molecule has 5 heteroatoms. The number of rotatable bonds is 3. The molecule has 1 saturated carbocycles. The Hall–Kier alpha value is -0.320. The number of amides is 1. The number of hydrogen-bond acceptors (Lipinski definition) is 3. The summed E-state index contributed by atoms with van der Waals surface area (Å²) in [6, 6.07) is 0. The van der Waals surface area contributed by atoms with E-state index in [1.807, 2.05) is 0 Å². The zero-order valence-corrected chi connectivity index (χ0v) is 13.2. The Kier molecular flexibility index (Phi) is 5.32. The average molecular weight is 303 g/mol. The predicted octanol–water partition coefficient (Wildman–Crippen LogP) is 1.68. The topological polar surface area (TPSA) is 41.6 Å². The molecule has 116 valence electrons. The molecule has 3 aliphatic rings. The highest BCUT2D eigenvalue weighted by Gasteiger charge is 2.46. The fourth-order valence-electron chi connectivity index (χ4n) is 4.34. The van der Waals surface area contributed by atoms with Crippen LogP contribution in [0, 0.1) is 17.3 Å². The molecule has 0 radical (unpaired) electrons. The molecule has 0 spiro atoms. The maximum atomic E-state index is 13.0. The van der Waals surface area contributed by atoms with Gasteiger partial charge in [0.2, 0.25) is 5.91 Å². The molecule has 2 saturated heterocycles. The molecule has 2 atom stereocenters. The van der Waals surface area contributed by atoms with Crippen LogP contribution in [-0.2, 0) is 9.53 Å². The third kappa shape index (κ3) is 2.83. The lowest BCUT2D eigenvalue weighted by molar-refractivity contribution is -0.146. The van der Waals surface area contributed by atoms with Crippen LogP contribution in [0.1, 0.15) is 32.1 Å². The zero-order valence-electron chi connectivity index (χ0n) is 12.4. The molecule has 2 unspecified atom stereocenters. The summed E-state index contributed by atoms with van der Waals surface area (Å²) >= 11 is 0. The van der Waals surface area contributed by atoms with E-state index in [9.17, 15) is 4.79 Å². The number of likely N-dealkylation sites (tertiary alicyclic amines) is 1. The van der Waals surface area contributed by atoms with Gasteiger partial charge in [-0.1, -0.05) is 6.42 Å². The molecule has 3 rings (SSSR count). The molecule has 1 amide bonds. The van der Waals surface area contributed by atoms with E-state index in [0.717, 1.165) is 50.9 Å². The maximum absolute atomic E-state index is 13.0. The van der Waals surface area contributed by atoms with Gasteiger partial charge in [0.15, 0.2) is 0 Å². The van der Waals surface area contributed by atoms with Crippen LogP contribution >= 0.6 is 12.4 Å². The van der Waals surface area contributed by atoms with Crippen LogP contribution < -0.4 is 5.32 Å². The Bertz CT molecular complexity index is 327. The van der Waals surface area contributed by atoms with Crippen molar-refractivity contribution in [1.82, 2.24) is 10.2 Å². The van der Waals surface area contributed by atoms with Gasteiger partial charge in [0, 0.05) is 20.2 Å². The van der Waals surface area contributed by atoms with Crippen LogP contribution in [0.3, 0.4) is 0 Å². The van der Waals surface area contributed by atoms with Gasteiger partial charge < -0.3 is 15.0 Å². The smallest absolute Gasteiger partial charge is 0.231 e. The first-order chi connectivity index (χ1) is 9.25. The van der Waals surface area contributed by atoms with Crippen LogP contribution in [0.15, 0.2) is 0 Å². The summed E-state index contributed by atoms with van der Waals surface area (Å²) < 4.78 is 5.38. The van der Waals surface area contributed by atoms with Crippen LogP contribution in [0.5, 0.6) is 0 Å². The van der Waals surface area contributed by atoms with Gasteiger partial charge in [-0.2, -0.15) is 0 Å². The standard InChI is InChI=1S/C15H26N2O2.ClH/c1-19-11-15(5-7-16-8-6-15)14(18)17-9-12-3-2-4-13(12)10-17;/h12-13,16H,2-11H2,1H3;1H. The minimum absolute atomic E-state index is 0. The van der Waals surface area contributed by atoms with Gasteiger partial charge in [-0.15, -0.1) is 12.4 Å². The van der Waals surface area contributed by atoms with Gasteiger partial charge in [0.25, 0.3) is 0 Å². The summed E-state index contributed by atoms with van der Waals surface area (Å²) in [6.45, 7) is 4.47. The van der Waals surface area contributed by atoms with E-state index in [1.165, 1.54) is 19.3 Å². The summed E-state index contributed by atoms with van der Waals surface area (Å²) in [5.74, 6) is 1.93. The van der Waals surface area contributed by atoms with Gasteiger partial charge in [-0.05, 0) is 50.6 Å². The Morgan fingerprint density at radius 1 is 1.25 bits per heavy atom. The Morgan fingerprint density at radius 2 is 1.85 bits per heavy atom. The second-order valence-electron chi connectivity index (χ2n) is 6.62. The highest BCUT2D eigenvalue weighted by atomic mass is 35.5. The maximum Gasteiger partial charge on any atom is 0.231 e. The van der Waals surface area contributed by atoms with Gasteiger partial charge in [-0.25, -0.2) is 0 Å². The molecule has 0 aromatic rings. The molecule has 0 aromatic heterocycles. The number of carbonyl (C=O) groups excluding carboxylic acids is 1. The summed E-state index contributed by atoms with van der Waals surface area (Å²) in [5.41, 5.74) is -0.251. The Morgan fingerprint density at radius 3 is 2.40 bits per heavy atom. The Balaban J connectivity index is 0.00000147. The van der Waals surface area contributed by atoms with Crippen LogP contribution in [0.4, 0.5) is 0 Å². The number of nitrogens with one attached hydrogen (secondary N) is 1. The van der Waals surface area contributed by atoms with Crippen LogP contribution in [-0.4, -0.2) is 50.7 Å². The monoisotopic (exact) mass is 302 g/mol.